The molecule has 2 aromatic rings. The highest BCUT2D eigenvalue weighted by atomic mass is 32.1. The van der Waals surface area contributed by atoms with Crippen LogP contribution in [-0.2, 0) is 11.3 Å². The molecule has 0 radical (unpaired) electrons. The third-order valence-electron chi connectivity index (χ3n) is 2.75. The van der Waals surface area contributed by atoms with Gasteiger partial charge < -0.3 is 9.64 Å². The van der Waals surface area contributed by atoms with E-state index in [1.807, 2.05) is 11.9 Å². The van der Waals surface area contributed by atoms with Gasteiger partial charge in [-0.1, -0.05) is 29.8 Å². The first-order valence-electron chi connectivity index (χ1n) is 5.90. The minimum Gasteiger partial charge on any atom is -0.464 e. The topological polar surface area (TPSA) is 42.4 Å². The van der Waals surface area contributed by atoms with Gasteiger partial charge in [-0.3, -0.25) is 0 Å². The molecule has 0 saturated heterocycles. The lowest BCUT2D eigenvalue weighted by Gasteiger charge is -2.15. The van der Waals surface area contributed by atoms with Crippen molar-refractivity contribution in [3.8, 4) is 0 Å². The number of anilines is 1. The van der Waals surface area contributed by atoms with Crippen molar-refractivity contribution in [2.24, 2.45) is 0 Å². The normalized spacial score (nSPS) is 10.3. The molecule has 0 spiro atoms. The number of benzene rings is 1. The highest BCUT2D eigenvalue weighted by Gasteiger charge is 2.13. The van der Waals surface area contributed by atoms with Gasteiger partial charge in [0.1, 0.15) is 0 Å². The molecule has 5 heteroatoms. The van der Waals surface area contributed by atoms with Crippen LogP contribution in [0.3, 0.4) is 0 Å². The van der Waals surface area contributed by atoms with Crippen molar-refractivity contribution in [2.75, 3.05) is 19.1 Å². The van der Waals surface area contributed by atoms with Gasteiger partial charge in [0.25, 0.3) is 0 Å². The van der Waals surface area contributed by atoms with Crippen molar-refractivity contribution in [1.29, 1.82) is 0 Å². The van der Waals surface area contributed by atoms with Crippen LogP contribution < -0.4 is 4.90 Å². The average molecular weight is 276 g/mol. The molecule has 0 N–H and O–H groups in total. The number of rotatable bonds is 4. The van der Waals surface area contributed by atoms with Gasteiger partial charge in [-0.15, -0.1) is 11.3 Å². The minimum atomic E-state index is -0.397. The Kier molecular flexibility index (Phi) is 4.16. The van der Waals surface area contributed by atoms with E-state index in [1.165, 1.54) is 29.6 Å². The van der Waals surface area contributed by atoms with E-state index < -0.39 is 5.97 Å². The first kappa shape index (κ1) is 13.5. The Morgan fingerprint density at radius 1 is 1.37 bits per heavy atom. The van der Waals surface area contributed by atoms with Crippen LogP contribution in [0.5, 0.6) is 0 Å². The fraction of sp³-hybridized carbons (Fsp3) is 0.286. The smallest absolute Gasteiger partial charge is 0.357 e. The molecule has 2 rings (SSSR count). The number of ether oxygens (including phenoxy) is 1. The molecule has 0 aliphatic heterocycles. The summed E-state index contributed by atoms with van der Waals surface area (Å²) in [6, 6.07) is 8.37. The monoisotopic (exact) mass is 276 g/mol. The molecule has 100 valence electrons. The maximum absolute atomic E-state index is 11.3. The first-order valence-corrected chi connectivity index (χ1v) is 6.78. The molecule has 0 amide bonds. The number of thiazole rings is 1. The second-order valence-electron chi connectivity index (χ2n) is 4.35. The summed E-state index contributed by atoms with van der Waals surface area (Å²) in [4.78, 5) is 17.6. The number of nitrogens with zero attached hydrogens (tertiary/aromatic N) is 2. The lowest BCUT2D eigenvalue weighted by atomic mass is 10.1. The second kappa shape index (κ2) is 5.84. The quantitative estimate of drug-likeness (QED) is 0.805. The fourth-order valence-electron chi connectivity index (χ4n) is 1.67. The number of hydrogen-bond donors (Lipinski definition) is 0. The maximum atomic E-state index is 11.3. The molecule has 4 nitrogen and oxygen atoms in total. The van der Waals surface area contributed by atoms with Gasteiger partial charge in [-0.25, -0.2) is 9.78 Å². The number of aromatic nitrogens is 1. The molecule has 1 aromatic heterocycles. The number of aryl methyl sites for hydroxylation is 1. The summed E-state index contributed by atoms with van der Waals surface area (Å²) in [7, 11) is 3.32. The van der Waals surface area contributed by atoms with Gasteiger partial charge in [0.15, 0.2) is 10.8 Å². The molecular formula is C14H16N2O2S. The zero-order chi connectivity index (χ0) is 13.8. The Bertz CT molecular complexity index is 563. The summed E-state index contributed by atoms with van der Waals surface area (Å²) < 4.78 is 4.65. The SMILES string of the molecule is COC(=O)c1csc(N(C)Cc2ccc(C)cc2)n1. The van der Waals surface area contributed by atoms with Gasteiger partial charge in [-0.05, 0) is 12.5 Å². The summed E-state index contributed by atoms with van der Waals surface area (Å²) in [6.07, 6.45) is 0. The predicted octanol–water partition coefficient (Wildman–Crippen LogP) is 2.87. The lowest BCUT2D eigenvalue weighted by Crippen LogP contribution is -2.16. The molecule has 0 saturated carbocycles. The molecule has 0 bridgehead atoms. The highest BCUT2D eigenvalue weighted by molar-refractivity contribution is 7.13. The van der Waals surface area contributed by atoms with Crippen LogP contribution >= 0.6 is 11.3 Å². The summed E-state index contributed by atoms with van der Waals surface area (Å²) >= 11 is 1.44. The van der Waals surface area contributed by atoms with Crippen LogP contribution in [0.25, 0.3) is 0 Å². The van der Waals surface area contributed by atoms with Crippen molar-refractivity contribution < 1.29 is 9.53 Å². The maximum Gasteiger partial charge on any atom is 0.357 e. The number of methoxy groups -OCH3 is 1. The van der Waals surface area contributed by atoms with Crippen LogP contribution in [0.15, 0.2) is 29.6 Å². The molecule has 19 heavy (non-hydrogen) atoms. The van der Waals surface area contributed by atoms with E-state index in [0.29, 0.717) is 5.69 Å². The van der Waals surface area contributed by atoms with Crippen LogP contribution in [0.2, 0.25) is 0 Å². The van der Waals surface area contributed by atoms with Crippen LogP contribution in [0.1, 0.15) is 21.6 Å². The minimum absolute atomic E-state index is 0.359. The third-order valence-corrected chi connectivity index (χ3v) is 3.71. The third kappa shape index (κ3) is 3.32. The van der Waals surface area contributed by atoms with E-state index in [1.54, 1.807) is 5.38 Å². The average Bonchev–Trinajstić information content (AvgIpc) is 2.90. The largest absolute Gasteiger partial charge is 0.464 e. The molecule has 0 fully saturated rings. The van der Waals surface area contributed by atoms with Crippen LogP contribution in [0, 0.1) is 6.92 Å². The van der Waals surface area contributed by atoms with Crippen molar-refractivity contribution in [3.05, 3.63) is 46.5 Å². The predicted molar refractivity (Wildman–Crippen MR) is 76.7 cm³/mol. The zero-order valence-corrected chi connectivity index (χ0v) is 12.0. The molecular weight excluding hydrogens is 260 g/mol. The van der Waals surface area contributed by atoms with E-state index >= 15 is 0 Å². The van der Waals surface area contributed by atoms with E-state index in [2.05, 4.69) is 40.9 Å². The highest BCUT2D eigenvalue weighted by Crippen LogP contribution is 2.21. The Hall–Kier alpha value is -1.88. The van der Waals surface area contributed by atoms with Crippen molar-refractivity contribution >= 4 is 22.4 Å². The molecule has 1 aromatic carbocycles. The molecule has 0 aliphatic rings. The first-order chi connectivity index (χ1) is 9.10. The van der Waals surface area contributed by atoms with Gasteiger partial charge >= 0.3 is 5.97 Å². The molecule has 0 aliphatic carbocycles. The van der Waals surface area contributed by atoms with Crippen molar-refractivity contribution in [1.82, 2.24) is 4.98 Å². The number of hydrogen-bond acceptors (Lipinski definition) is 5. The Morgan fingerprint density at radius 2 is 2.05 bits per heavy atom. The van der Waals surface area contributed by atoms with Crippen LogP contribution in [0.4, 0.5) is 5.13 Å². The van der Waals surface area contributed by atoms with E-state index in [-0.39, 0.29) is 0 Å². The Morgan fingerprint density at radius 3 is 2.68 bits per heavy atom. The summed E-state index contributed by atoms with van der Waals surface area (Å²) in [5, 5.41) is 2.52. The fourth-order valence-corrected chi connectivity index (χ4v) is 2.43. The number of carbonyl (C=O) groups excluding carboxylic acids is 1. The number of carbonyl (C=O) groups is 1. The van der Waals surface area contributed by atoms with Gasteiger partial charge in [0.2, 0.25) is 0 Å². The standard InChI is InChI=1S/C14H16N2O2S/c1-10-4-6-11(7-5-10)8-16(2)14-15-12(9-19-14)13(17)18-3/h4-7,9H,8H2,1-3H3. The lowest BCUT2D eigenvalue weighted by molar-refractivity contribution is 0.0595. The number of esters is 1. The van der Waals surface area contributed by atoms with Crippen molar-refractivity contribution in [2.45, 2.75) is 13.5 Å². The summed E-state index contributed by atoms with van der Waals surface area (Å²) in [5.41, 5.74) is 2.81. The summed E-state index contributed by atoms with van der Waals surface area (Å²) in [5.74, 6) is -0.397. The molecule has 1 heterocycles. The zero-order valence-electron chi connectivity index (χ0n) is 11.2. The van der Waals surface area contributed by atoms with Gasteiger partial charge in [-0.2, -0.15) is 0 Å². The van der Waals surface area contributed by atoms with E-state index in [9.17, 15) is 4.79 Å². The van der Waals surface area contributed by atoms with E-state index in [4.69, 9.17) is 0 Å². The van der Waals surface area contributed by atoms with Crippen LogP contribution in [-0.4, -0.2) is 25.1 Å². The second-order valence-corrected chi connectivity index (χ2v) is 5.19. The molecule has 0 atom stereocenters. The summed E-state index contributed by atoms with van der Waals surface area (Å²) in [6.45, 7) is 2.82. The Balaban J connectivity index is 2.07. The van der Waals surface area contributed by atoms with Gasteiger partial charge in [0, 0.05) is 19.0 Å². The van der Waals surface area contributed by atoms with Gasteiger partial charge in [0.05, 0.1) is 7.11 Å². The molecule has 0 unspecified atom stereocenters. The van der Waals surface area contributed by atoms with E-state index in [0.717, 1.165) is 11.7 Å². The van der Waals surface area contributed by atoms with Crippen molar-refractivity contribution in [3.63, 3.8) is 0 Å². The Labute approximate surface area is 116 Å².